The van der Waals surface area contributed by atoms with Gasteiger partial charge < -0.3 is 5.32 Å². The number of aromatic nitrogens is 2. The second kappa shape index (κ2) is 5.28. The molecule has 0 radical (unpaired) electrons. The fraction of sp³-hybridized carbons (Fsp3) is 0.556. The SMILES string of the molecule is CNC(=O)C(C)CN(C)S(=O)(=O)c1ccn[nH]1. The van der Waals surface area contributed by atoms with Crippen molar-refractivity contribution in [3.05, 3.63) is 12.3 Å². The first-order valence-corrected chi connectivity index (χ1v) is 6.51. The Morgan fingerprint density at radius 2 is 2.29 bits per heavy atom. The molecular weight excluding hydrogens is 244 g/mol. The highest BCUT2D eigenvalue weighted by atomic mass is 32.2. The molecular formula is C9H16N4O3S. The molecule has 1 rings (SSSR count). The lowest BCUT2D eigenvalue weighted by molar-refractivity contribution is -0.124. The van der Waals surface area contributed by atoms with Crippen LogP contribution >= 0.6 is 0 Å². The van der Waals surface area contributed by atoms with E-state index in [1.807, 2.05) is 0 Å². The third-order valence-electron chi connectivity index (χ3n) is 2.39. The van der Waals surface area contributed by atoms with Crippen molar-refractivity contribution in [2.75, 3.05) is 20.6 Å². The molecule has 0 spiro atoms. The molecule has 96 valence electrons. The molecule has 1 atom stereocenters. The zero-order valence-corrected chi connectivity index (χ0v) is 10.8. The van der Waals surface area contributed by atoms with Gasteiger partial charge in [-0.25, -0.2) is 8.42 Å². The van der Waals surface area contributed by atoms with E-state index < -0.39 is 15.9 Å². The summed E-state index contributed by atoms with van der Waals surface area (Å²) in [6.45, 7) is 1.78. The quantitative estimate of drug-likeness (QED) is 0.740. The maximum Gasteiger partial charge on any atom is 0.259 e. The standard InChI is InChI=1S/C9H16N4O3S/c1-7(9(14)10-2)6-13(3)17(15,16)8-4-5-11-12-8/h4-5,7H,6H2,1-3H3,(H,10,14)(H,11,12). The number of aromatic amines is 1. The van der Waals surface area contributed by atoms with Gasteiger partial charge >= 0.3 is 0 Å². The predicted octanol–water partition coefficient (Wildman–Crippen LogP) is -0.588. The highest BCUT2D eigenvalue weighted by molar-refractivity contribution is 7.89. The highest BCUT2D eigenvalue weighted by Gasteiger charge is 2.25. The van der Waals surface area contributed by atoms with E-state index in [-0.39, 0.29) is 17.5 Å². The zero-order chi connectivity index (χ0) is 13.1. The third-order valence-corrected chi connectivity index (χ3v) is 4.14. The summed E-state index contributed by atoms with van der Waals surface area (Å²) >= 11 is 0. The van der Waals surface area contributed by atoms with E-state index in [2.05, 4.69) is 15.5 Å². The number of hydrogen-bond acceptors (Lipinski definition) is 4. The molecule has 17 heavy (non-hydrogen) atoms. The van der Waals surface area contributed by atoms with Crippen molar-refractivity contribution in [2.24, 2.45) is 5.92 Å². The van der Waals surface area contributed by atoms with Crippen LogP contribution in [0.3, 0.4) is 0 Å². The van der Waals surface area contributed by atoms with Gasteiger partial charge in [0.1, 0.15) is 0 Å². The van der Waals surface area contributed by atoms with Crippen LogP contribution in [-0.2, 0) is 14.8 Å². The molecule has 0 aliphatic carbocycles. The molecule has 0 aliphatic rings. The van der Waals surface area contributed by atoms with Gasteiger partial charge in [0, 0.05) is 26.6 Å². The van der Waals surface area contributed by atoms with Crippen LogP contribution < -0.4 is 5.32 Å². The monoisotopic (exact) mass is 260 g/mol. The Bertz CT molecular complexity index is 468. The summed E-state index contributed by atoms with van der Waals surface area (Å²) in [5.41, 5.74) is 0. The zero-order valence-electron chi connectivity index (χ0n) is 9.97. The van der Waals surface area contributed by atoms with Crippen molar-refractivity contribution in [2.45, 2.75) is 11.9 Å². The van der Waals surface area contributed by atoms with Crippen molar-refractivity contribution >= 4 is 15.9 Å². The van der Waals surface area contributed by atoms with E-state index in [4.69, 9.17) is 0 Å². The molecule has 1 unspecified atom stereocenters. The predicted molar refractivity (Wildman–Crippen MR) is 61.6 cm³/mol. The van der Waals surface area contributed by atoms with E-state index in [1.165, 1.54) is 26.4 Å². The Labute approximate surface area is 100 Å². The van der Waals surface area contributed by atoms with Gasteiger partial charge in [-0.15, -0.1) is 0 Å². The summed E-state index contributed by atoms with van der Waals surface area (Å²) in [5, 5.41) is 8.48. The first kappa shape index (κ1) is 13.7. The number of rotatable bonds is 5. The second-order valence-corrected chi connectivity index (χ2v) is 5.74. The Morgan fingerprint density at radius 3 is 2.76 bits per heavy atom. The summed E-state index contributed by atoms with van der Waals surface area (Å²) in [6, 6.07) is 1.37. The number of nitrogens with one attached hydrogen (secondary N) is 2. The summed E-state index contributed by atoms with van der Waals surface area (Å²) < 4.78 is 25.1. The van der Waals surface area contributed by atoms with Gasteiger partial charge in [0.25, 0.3) is 10.0 Å². The van der Waals surface area contributed by atoms with E-state index in [0.29, 0.717) is 0 Å². The maximum absolute atomic E-state index is 12.0. The lowest BCUT2D eigenvalue weighted by Crippen LogP contribution is -2.37. The second-order valence-electron chi connectivity index (χ2n) is 3.72. The normalized spacial score (nSPS) is 13.6. The van der Waals surface area contributed by atoms with Crippen LogP contribution in [0.5, 0.6) is 0 Å². The molecule has 0 saturated carbocycles. The fourth-order valence-electron chi connectivity index (χ4n) is 1.37. The summed E-state index contributed by atoms with van der Waals surface area (Å²) in [4.78, 5) is 11.3. The van der Waals surface area contributed by atoms with Gasteiger partial charge in [0.2, 0.25) is 5.91 Å². The van der Waals surface area contributed by atoms with E-state index >= 15 is 0 Å². The Hall–Kier alpha value is -1.41. The number of sulfonamides is 1. The number of hydrogen-bond donors (Lipinski definition) is 2. The number of carbonyl (C=O) groups excluding carboxylic acids is 1. The molecule has 0 fully saturated rings. The number of H-pyrrole nitrogens is 1. The van der Waals surface area contributed by atoms with E-state index in [1.54, 1.807) is 6.92 Å². The lowest BCUT2D eigenvalue weighted by atomic mass is 10.2. The topological polar surface area (TPSA) is 95.2 Å². The van der Waals surface area contributed by atoms with Crippen LogP contribution in [0.1, 0.15) is 6.92 Å². The molecule has 2 N–H and O–H groups in total. The average Bonchev–Trinajstić information content (AvgIpc) is 2.81. The van der Waals surface area contributed by atoms with Crippen molar-refractivity contribution in [3.8, 4) is 0 Å². The minimum atomic E-state index is -3.60. The fourth-order valence-corrected chi connectivity index (χ4v) is 2.52. The van der Waals surface area contributed by atoms with Crippen LogP contribution in [0, 0.1) is 5.92 Å². The van der Waals surface area contributed by atoms with Crippen LogP contribution in [-0.4, -0.2) is 49.5 Å². The number of carbonyl (C=O) groups is 1. The van der Waals surface area contributed by atoms with E-state index in [9.17, 15) is 13.2 Å². The Balaban J connectivity index is 2.77. The Morgan fingerprint density at radius 1 is 1.65 bits per heavy atom. The van der Waals surface area contributed by atoms with Gasteiger partial charge in [-0.1, -0.05) is 6.92 Å². The highest BCUT2D eigenvalue weighted by Crippen LogP contribution is 2.12. The molecule has 7 nitrogen and oxygen atoms in total. The molecule has 0 aromatic carbocycles. The molecule has 8 heteroatoms. The molecule has 0 bridgehead atoms. The average molecular weight is 260 g/mol. The van der Waals surface area contributed by atoms with Crippen molar-refractivity contribution in [1.82, 2.24) is 19.8 Å². The van der Waals surface area contributed by atoms with Crippen LogP contribution in [0.2, 0.25) is 0 Å². The number of amides is 1. The van der Waals surface area contributed by atoms with Crippen molar-refractivity contribution in [1.29, 1.82) is 0 Å². The van der Waals surface area contributed by atoms with Gasteiger partial charge in [-0.3, -0.25) is 9.89 Å². The first-order valence-electron chi connectivity index (χ1n) is 5.07. The number of nitrogens with zero attached hydrogens (tertiary/aromatic N) is 2. The molecule has 0 saturated heterocycles. The third kappa shape index (κ3) is 3.04. The van der Waals surface area contributed by atoms with Gasteiger partial charge in [-0.05, 0) is 6.07 Å². The van der Waals surface area contributed by atoms with E-state index in [0.717, 1.165) is 4.31 Å². The minimum Gasteiger partial charge on any atom is -0.359 e. The Kier molecular flexibility index (Phi) is 4.24. The van der Waals surface area contributed by atoms with Crippen molar-refractivity contribution in [3.63, 3.8) is 0 Å². The molecule has 1 aromatic heterocycles. The smallest absolute Gasteiger partial charge is 0.259 e. The first-order chi connectivity index (χ1) is 7.89. The van der Waals surface area contributed by atoms with Crippen LogP contribution in [0.15, 0.2) is 17.3 Å². The minimum absolute atomic E-state index is 0.0177. The maximum atomic E-state index is 12.0. The molecule has 1 heterocycles. The summed E-state index contributed by atoms with van der Waals surface area (Å²) in [5.74, 6) is -0.612. The largest absolute Gasteiger partial charge is 0.359 e. The van der Waals surface area contributed by atoms with Gasteiger partial charge in [0.15, 0.2) is 5.03 Å². The van der Waals surface area contributed by atoms with Gasteiger partial charge in [0.05, 0.1) is 6.20 Å². The molecule has 1 amide bonds. The summed E-state index contributed by atoms with van der Waals surface area (Å²) in [6.07, 6.45) is 1.36. The molecule has 1 aromatic rings. The van der Waals surface area contributed by atoms with Crippen LogP contribution in [0.25, 0.3) is 0 Å². The van der Waals surface area contributed by atoms with Gasteiger partial charge in [-0.2, -0.15) is 9.40 Å². The molecule has 0 aliphatic heterocycles. The van der Waals surface area contributed by atoms with Crippen LogP contribution in [0.4, 0.5) is 0 Å². The summed E-state index contributed by atoms with van der Waals surface area (Å²) in [7, 11) is -0.655. The lowest BCUT2D eigenvalue weighted by Gasteiger charge is -2.19. The van der Waals surface area contributed by atoms with Crippen molar-refractivity contribution < 1.29 is 13.2 Å².